The summed E-state index contributed by atoms with van der Waals surface area (Å²) in [5.74, 6) is -0.432. The van der Waals surface area contributed by atoms with Crippen LogP contribution in [0.15, 0.2) is 0 Å². The third-order valence-corrected chi connectivity index (χ3v) is 4.67. The van der Waals surface area contributed by atoms with E-state index in [0.717, 1.165) is 6.42 Å². The topological polar surface area (TPSA) is 88.7 Å². The van der Waals surface area contributed by atoms with Gasteiger partial charge in [0.25, 0.3) is 5.91 Å². The predicted octanol–water partition coefficient (Wildman–Crippen LogP) is 2.47. The summed E-state index contributed by atoms with van der Waals surface area (Å²) in [5.41, 5.74) is 1.53. The third-order valence-electron chi connectivity index (χ3n) is 4.67. The van der Waals surface area contributed by atoms with Gasteiger partial charge in [-0.2, -0.15) is 0 Å². The van der Waals surface area contributed by atoms with Crippen molar-refractivity contribution >= 4 is 17.8 Å². The van der Waals surface area contributed by atoms with Crippen LogP contribution in [-0.2, 0) is 14.3 Å². The second kappa shape index (κ2) is 8.38. The molecule has 1 saturated heterocycles. The zero-order chi connectivity index (χ0) is 19.4. The number of aromatic nitrogens is 1. The van der Waals surface area contributed by atoms with Crippen LogP contribution >= 0.6 is 0 Å². The number of nitrogens with one attached hydrogen (secondary N) is 1. The Morgan fingerprint density at radius 2 is 1.69 bits per heavy atom. The molecule has 1 fully saturated rings. The van der Waals surface area contributed by atoms with Crippen LogP contribution in [0.2, 0.25) is 0 Å². The lowest BCUT2D eigenvalue weighted by Crippen LogP contribution is -2.44. The number of piperidine rings is 1. The molecular formula is C19H28N2O5. The van der Waals surface area contributed by atoms with Gasteiger partial charge in [0.05, 0.1) is 12.2 Å². The zero-order valence-corrected chi connectivity index (χ0v) is 16.2. The van der Waals surface area contributed by atoms with Crippen molar-refractivity contribution in [1.29, 1.82) is 0 Å². The molecule has 26 heavy (non-hydrogen) atoms. The highest BCUT2D eigenvalue weighted by atomic mass is 16.5. The number of hydrogen-bond acceptors (Lipinski definition) is 5. The number of H-pyrrole nitrogens is 1. The Hall–Kier alpha value is -2.31. The van der Waals surface area contributed by atoms with Gasteiger partial charge >= 0.3 is 11.9 Å². The van der Waals surface area contributed by atoms with Crippen molar-refractivity contribution in [3.8, 4) is 0 Å². The van der Waals surface area contributed by atoms with Crippen LogP contribution in [0.4, 0.5) is 0 Å². The van der Waals surface area contributed by atoms with Crippen LogP contribution < -0.4 is 0 Å². The summed E-state index contributed by atoms with van der Waals surface area (Å²) in [6, 6.07) is 0. The average Bonchev–Trinajstić information content (AvgIpc) is 2.86. The van der Waals surface area contributed by atoms with Crippen LogP contribution in [0.5, 0.6) is 0 Å². The Labute approximate surface area is 154 Å². The quantitative estimate of drug-likeness (QED) is 0.811. The first-order chi connectivity index (χ1) is 12.2. The van der Waals surface area contributed by atoms with Crippen molar-refractivity contribution in [3.63, 3.8) is 0 Å². The number of carbonyl (C=O) groups is 3. The van der Waals surface area contributed by atoms with Crippen molar-refractivity contribution < 1.29 is 23.9 Å². The van der Waals surface area contributed by atoms with Crippen molar-refractivity contribution in [2.45, 2.75) is 41.0 Å². The molecule has 0 radical (unpaired) electrons. The van der Waals surface area contributed by atoms with Gasteiger partial charge in [-0.1, -0.05) is 13.8 Å². The molecule has 0 unspecified atom stereocenters. The molecule has 7 heteroatoms. The lowest BCUT2D eigenvalue weighted by molar-refractivity contribution is -0.137. The van der Waals surface area contributed by atoms with Crippen molar-refractivity contribution in [2.24, 2.45) is 11.8 Å². The van der Waals surface area contributed by atoms with E-state index >= 15 is 0 Å². The number of aryl methyl sites for hydroxylation is 1. The van der Waals surface area contributed by atoms with Gasteiger partial charge in [-0.3, -0.25) is 4.79 Å². The molecule has 1 aromatic heterocycles. The van der Waals surface area contributed by atoms with E-state index in [-0.39, 0.29) is 24.8 Å². The van der Waals surface area contributed by atoms with E-state index in [1.807, 2.05) is 0 Å². The average molecular weight is 364 g/mol. The van der Waals surface area contributed by atoms with E-state index in [9.17, 15) is 14.4 Å². The molecule has 0 aliphatic carbocycles. The summed E-state index contributed by atoms with van der Waals surface area (Å²) in [6.45, 7) is 10.6. The number of amides is 1. The molecular weight excluding hydrogens is 336 g/mol. The fourth-order valence-electron chi connectivity index (χ4n) is 3.62. The van der Waals surface area contributed by atoms with E-state index in [4.69, 9.17) is 9.47 Å². The number of aromatic amines is 1. The second-order valence-corrected chi connectivity index (χ2v) is 7.17. The molecule has 1 aliphatic heterocycles. The first-order valence-corrected chi connectivity index (χ1v) is 9.05. The Balaban J connectivity index is 2.01. The molecule has 1 amide bonds. The highest BCUT2D eigenvalue weighted by Crippen LogP contribution is 2.22. The maximum atomic E-state index is 12.4. The van der Waals surface area contributed by atoms with Crippen molar-refractivity contribution in [2.75, 3.05) is 26.3 Å². The molecule has 2 rings (SSSR count). The fourth-order valence-corrected chi connectivity index (χ4v) is 3.62. The van der Waals surface area contributed by atoms with E-state index in [1.165, 1.54) is 0 Å². The molecule has 7 nitrogen and oxygen atoms in total. The molecule has 1 aromatic rings. The summed E-state index contributed by atoms with van der Waals surface area (Å²) in [5, 5.41) is 0. The number of nitrogens with zero attached hydrogens (tertiary/aromatic N) is 1. The van der Waals surface area contributed by atoms with E-state index in [2.05, 4.69) is 18.8 Å². The summed E-state index contributed by atoms with van der Waals surface area (Å²) >= 11 is 0. The zero-order valence-electron chi connectivity index (χ0n) is 16.2. The van der Waals surface area contributed by atoms with E-state index < -0.39 is 11.9 Å². The second-order valence-electron chi connectivity index (χ2n) is 7.17. The van der Waals surface area contributed by atoms with Crippen LogP contribution in [0.3, 0.4) is 0 Å². The summed E-state index contributed by atoms with van der Waals surface area (Å²) in [7, 11) is 0. The normalized spacial score (nSPS) is 20.0. The maximum absolute atomic E-state index is 12.4. The number of rotatable bonds is 5. The van der Waals surface area contributed by atoms with Crippen molar-refractivity contribution in [1.82, 2.24) is 9.88 Å². The number of hydrogen-bond donors (Lipinski definition) is 1. The van der Waals surface area contributed by atoms with Crippen LogP contribution in [-0.4, -0.2) is 54.0 Å². The van der Waals surface area contributed by atoms with Gasteiger partial charge in [-0.05, 0) is 44.6 Å². The lowest BCUT2D eigenvalue weighted by atomic mass is 9.92. The fraction of sp³-hybridized carbons (Fsp3) is 0.632. The molecule has 0 bridgehead atoms. The highest BCUT2D eigenvalue weighted by molar-refractivity contribution is 5.99. The molecule has 144 valence electrons. The Kier molecular flexibility index (Phi) is 6.45. The number of carbonyl (C=O) groups excluding carboxylic acids is 3. The van der Waals surface area contributed by atoms with Gasteiger partial charge < -0.3 is 19.4 Å². The number of esters is 2. The summed E-state index contributed by atoms with van der Waals surface area (Å²) < 4.78 is 10.2. The highest BCUT2D eigenvalue weighted by Gasteiger charge is 2.27. The van der Waals surface area contributed by atoms with Gasteiger partial charge in [0, 0.05) is 18.8 Å². The molecule has 2 heterocycles. The monoisotopic (exact) mass is 364 g/mol. The van der Waals surface area contributed by atoms with E-state index in [1.54, 1.807) is 25.7 Å². The Morgan fingerprint density at radius 3 is 2.27 bits per heavy atom. The molecule has 0 spiro atoms. The molecule has 0 aromatic carbocycles. The number of likely N-dealkylation sites (tertiary alicyclic amines) is 1. The van der Waals surface area contributed by atoms with Gasteiger partial charge in [0.1, 0.15) is 5.69 Å². The Morgan fingerprint density at radius 1 is 1.08 bits per heavy atom. The largest absolute Gasteiger partial charge is 0.462 e. The summed E-state index contributed by atoms with van der Waals surface area (Å²) in [4.78, 5) is 41.3. The van der Waals surface area contributed by atoms with Crippen LogP contribution in [0.25, 0.3) is 0 Å². The maximum Gasteiger partial charge on any atom is 0.355 e. The molecule has 0 saturated carbocycles. The van der Waals surface area contributed by atoms with E-state index in [0.29, 0.717) is 41.7 Å². The van der Waals surface area contributed by atoms with Gasteiger partial charge in [0.15, 0.2) is 6.61 Å². The minimum absolute atomic E-state index is 0.179. The van der Waals surface area contributed by atoms with Crippen molar-refractivity contribution in [3.05, 3.63) is 22.5 Å². The predicted molar refractivity (Wildman–Crippen MR) is 96.0 cm³/mol. The molecule has 1 aliphatic rings. The van der Waals surface area contributed by atoms with Gasteiger partial charge in [0.2, 0.25) is 0 Å². The minimum Gasteiger partial charge on any atom is -0.462 e. The van der Waals surface area contributed by atoms with Gasteiger partial charge in [-0.15, -0.1) is 0 Å². The standard InChI is InChI=1S/C19H28N2O5/c1-6-25-18(23)16-13(4)17(20-14(16)5)19(24)26-10-15(22)21-8-11(2)7-12(3)9-21/h11-12,20H,6-10H2,1-5H3/t11-,12+. The third kappa shape index (κ3) is 4.45. The molecule has 1 N–H and O–H groups in total. The summed E-state index contributed by atoms with van der Waals surface area (Å²) in [6.07, 6.45) is 1.10. The first-order valence-electron chi connectivity index (χ1n) is 9.05. The SMILES string of the molecule is CCOC(=O)c1c(C)[nH]c(C(=O)OCC(=O)N2C[C@H](C)C[C@H](C)C2)c1C. The van der Waals surface area contributed by atoms with Crippen LogP contribution in [0.1, 0.15) is 59.3 Å². The van der Waals surface area contributed by atoms with Crippen LogP contribution in [0, 0.1) is 25.7 Å². The first kappa shape index (κ1) is 20.0. The minimum atomic E-state index is -0.646. The smallest absolute Gasteiger partial charge is 0.355 e. The lowest BCUT2D eigenvalue weighted by Gasteiger charge is -2.34. The Bertz CT molecular complexity index is 684. The molecule has 2 atom stereocenters. The number of ether oxygens (including phenoxy) is 2. The van der Waals surface area contributed by atoms with Gasteiger partial charge in [-0.25, -0.2) is 9.59 Å².